The molecule has 0 aliphatic rings. The standard InChI is InChI=1S/C14H17N3OS/c1-8-6-12(13(14(15)19)10(3)17-8)16-7-11-5-4-9(2)18-11/h4-6H,7H2,1-3H3,(H2,15,19)(H,16,17). The zero-order valence-electron chi connectivity index (χ0n) is 11.3. The fourth-order valence-corrected chi connectivity index (χ4v) is 2.30. The van der Waals surface area contributed by atoms with Gasteiger partial charge in [0.2, 0.25) is 0 Å². The van der Waals surface area contributed by atoms with Crippen LogP contribution in [-0.2, 0) is 6.54 Å². The number of furan rings is 1. The van der Waals surface area contributed by atoms with Gasteiger partial charge in [-0.05, 0) is 39.0 Å². The number of hydrogen-bond donors (Lipinski definition) is 2. The highest BCUT2D eigenvalue weighted by molar-refractivity contribution is 7.80. The average molecular weight is 275 g/mol. The van der Waals surface area contributed by atoms with Gasteiger partial charge in [0.1, 0.15) is 16.5 Å². The maximum Gasteiger partial charge on any atom is 0.123 e. The summed E-state index contributed by atoms with van der Waals surface area (Å²) in [6, 6.07) is 5.83. The largest absolute Gasteiger partial charge is 0.465 e. The van der Waals surface area contributed by atoms with Crippen molar-refractivity contribution in [2.45, 2.75) is 27.3 Å². The predicted octanol–water partition coefficient (Wildman–Crippen LogP) is 2.85. The maximum atomic E-state index is 5.77. The number of nitrogens with zero attached hydrogens (tertiary/aromatic N) is 1. The van der Waals surface area contributed by atoms with Gasteiger partial charge in [0.25, 0.3) is 0 Å². The monoisotopic (exact) mass is 275 g/mol. The first-order chi connectivity index (χ1) is 8.97. The van der Waals surface area contributed by atoms with Crippen LogP contribution in [0.4, 0.5) is 5.69 Å². The Morgan fingerprint density at radius 3 is 2.68 bits per heavy atom. The molecule has 2 aromatic heterocycles. The molecule has 3 N–H and O–H groups in total. The number of anilines is 1. The molecule has 0 bridgehead atoms. The fraction of sp³-hybridized carbons (Fsp3) is 0.286. The lowest BCUT2D eigenvalue weighted by Gasteiger charge is -2.13. The van der Waals surface area contributed by atoms with Gasteiger partial charge in [0, 0.05) is 17.1 Å². The van der Waals surface area contributed by atoms with Gasteiger partial charge >= 0.3 is 0 Å². The Morgan fingerprint density at radius 2 is 2.11 bits per heavy atom. The molecule has 5 heteroatoms. The van der Waals surface area contributed by atoms with Crippen molar-refractivity contribution in [3.63, 3.8) is 0 Å². The fourth-order valence-electron chi connectivity index (χ4n) is 2.04. The van der Waals surface area contributed by atoms with Gasteiger partial charge in [-0.1, -0.05) is 12.2 Å². The lowest BCUT2D eigenvalue weighted by molar-refractivity contribution is 0.490. The Bertz CT molecular complexity index is 619. The van der Waals surface area contributed by atoms with Crippen LogP contribution >= 0.6 is 12.2 Å². The van der Waals surface area contributed by atoms with Crippen LogP contribution in [0.3, 0.4) is 0 Å². The summed E-state index contributed by atoms with van der Waals surface area (Å²) in [6.07, 6.45) is 0. The molecule has 0 spiro atoms. The molecular formula is C14H17N3OS. The Morgan fingerprint density at radius 1 is 1.37 bits per heavy atom. The average Bonchev–Trinajstić information content (AvgIpc) is 2.71. The van der Waals surface area contributed by atoms with E-state index in [1.807, 2.05) is 39.0 Å². The number of thiocarbonyl (C=S) groups is 1. The second-order valence-corrected chi connectivity index (χ2v) is 4.94. The molecule has 2 aromatic rings. The second-order valence-electron chi connectivity index (χ2n) is 4.50. The number of rotatable bonds is 4. The van der Waals surface area contributed by atoms with Gasteiger partial charge in [-0.3, -0.25) is 4.98 Å². The third-order valence-electron chi connectivity index (χ3n) is 2.82. The number of aryl methyl sites for hydroxylation is 3. The molecule has 100 valence electrons. The molecule has 0 aromatic carbocycles. The van der Waals surface area contributed by atoms with E-state index < -0.39 is 0 Å². The molecule has 0 amide bonds. The van der Waals surface area contributed by atoms with Crippen molar-refractivity contribution < 1.29 is 4.42 Å². The van der Waals surface area contributed by atoms with E-state index in [0.717, 1.165) is 34.2 Å². The van der Waals surface area contributed by atoms with E-state index in [9.17, 15) is 0 Å². The van der Waals surface area contributed by atoms with E-state index >= 15 is 0 Å². The van der Waals surface area contributed by atoms with Crippen molar-refractivity contribution in [2.75, 3.05) is 5.32 Å². The highest BCUT2D eigenvalue weighted by Gasteiger charge is 2.11. The molecule has 0 saturated heterocycles. The summed E-state index contributed by atoms with van der Waals surface area (Å²) in [6.45, 7) is 6.36. The lowest BCUT2D eigenvalue weighted by Crippen LogP contribution is -2.16. The molecular weight excluding hydrogens is 258 g/mol. The van der Waals surface area contributed by atoms with Gasteiger partial charge in [-0.25, -0.2) is 0 Å². The smallest absolute Gasteiger partial charge is 0.123 e. The van der Waals surface area contributed by atoms with E-state index in [1.165, 1.54) is 0 Å². The zero-order valence-corrected chi connectivity index (χ0v) is 12.1. The molecule has 0 saturated carbocycles. The van der Waals surface area contributed by atoms with Crippen molar-refractivity contribution >= 4 is 22.9 Å². The minimum atomic E-state index is 0.350. The van der Waals surface area contributed by atoms with E-state index in [2.05, 4.69) is 10.3 Å². The predicted molar refractivity (Wildman–Crippen MR) is 80.4 cm³/mol. The minimum Gasteiger partial charge on any atom is -0.465 e. The van der Waals surface area contributed by atoms with Crippen LogP contribution in [0, 0.1) is 20.8 Å². The normalized spacial score (nSPS) is 10.5. The van der Waals surface area contributed by atoms with Crippen molar-refractivity contribution in [1.29, 1.82) is 0 Å². The molecule has 0 radical (unpaired) electrons. The first kappa shape index (κ1) is 13.5. The Labute approximate surface area is 118 Å². The highest BCUT2D eigenvalue weighted by Crippen LogP contribution is 2.21. The zero-order chi connectivity index (χ0) is 14.0. The number of pyridine rings is 1. The molecule has 4 nitrogen and oxygen atoms in total. The van der Waals surface area contributed by atoms with Crippen molar-refractivity contribution in [1.82, 2.24) is 4.98 Å². The van der Waals surface area contributed by atoms with Crippen molar-refractivity contribution in [2.24, 2.45) is 5.73 Å². The quantitative estimate of drug-likeness (QED) is 0.840. The van der Waals surface area contributed by atoms with E-state index in [0.29, 0.717) is 11.5 Å². The Kier molecular flexibility index (Phi) is 3.85. The SMILES string of the molecule is Cc1cc(NCc2ccc(C)o2)c(C(N)=S)c(C)n1. The summed E-state index contributed by atoms with van der Waals surface area (Å²) in [7, 11) is 0. The highest BCUT2D eigenvalue weighted by atomic mass is 32.1. The van der Waals surface area contributed by atoms with Gasteiger partial charge in [0.15, 0.2) is 0 Å². The van der Waals surface area contributed by atoms with Gasteiger partial charge in [0.05, 0.1) is 12.1 Å². The third-order valence-corrected chi connectivity index (χ3v) is 3.03. The molecule has 0 aliphatic heterocycles. The van der Waals surface area contributed by atoms with Gasteiger partial charge in [-0.15, -0.1) is 0 Å². The minimum absolute atomic E-state index is 0.350. The van der Waals surface area contributed by atoms with Crippen LogP contribution in [0.1, 0.15) is 28.5 Å². The number of nitrogens with two attached hydrogens (primary N) is 1. The van der Waals surface area contributed by atoms with Gasteiger partial charge in [-0.2, -0.15) is 0 Å². The summed E-state index contributed by atoms with van der Waals surface area (Å²) >= 11 is 5.09. The summed E-state index contributed by atoms with van der Waals surface area (Å²) in [5, 5.41) is 3.30. The topological polar surface area (TPSA) is 64.1 Å². The summed E-state index contributed by atoms with van der Waals surface area (Å²) in [5.41, 5.74) is 9.22. The first-order valence-electron chi connectivity index (χ1n) is 6.04. The molecule has 19 heavy (non-hydrogen) atoms. The molecule has 0 atom stereocenters. The Hall–Kier alpha value is -1.88. The summed E-state index contributed by atoms with van der Waals surface area (Å²) in [4.78, 5) is 4.73. The molecule has 2 heterocycles. The van der Waals surface area contributed by atoms with Crippen LogP contribution in [-0.4, -0.2) is 9.97 Å². The van der Waals surface area contributed by atoms with Crippen molar-refractivity contribution in [3.8, 4) is 0 Å². The molecule has 0 aliphatic carbocycles. The molecule has 0 fully saturated rings. The first-order valence-corrected chi connectivity index (χ1v) is 6.45. The van der Waals surface area contributed by atoms with Gasteiger partial charge < -0.3 is 15.5 Å². The van der Waals surface area contributed by atoms with E-state index in [-0.39, 0.29) is 0 Å². The molecule has 0 unspecified atom stereocenters. The number of nitrogens with one attached hydrogen (secondary N) is 1. The number of aromatic nitrogens is 1. The van der Waals surface area contributed by atoms with E-state index in [1.54, 1.807) is 0 Å². The van der Waals surface area contributed by atoms with Crippen LogP contribution in [0.5, 0.6) is 0 Å². The van der Waals surface area contributed by atoms with Crippen LogP contribution < -0.4 is 11.1 Å². The summed E-state index contributed by atoms with van der Waals surface area (Å²) < 4.78 is 5.52. The van der Waals surface area contributed by atoms with Crippen LogP contribution in [0.15, 0.2) is 22.6 Å². The number of hydrogen-bond acceptors (Lipinski definition) is 4. The lowest BCUT2D eigenvalue weighted by atomic mass is 10.1. The van der Waals surface area contributed by atoms with Crippen LogP contribution in [0.2, 0.25) is 0 Å². The third kappa shape index (κ3) is 3.12. The molecule has 2 rings (SSSR count). The van der Waals surface area contributed by atoms with E-state index in [4.69, 9.17) is 22.4 Å². The van der Waals surface area contributed by atoms with Crippen molar-refractivity contribution in [3.05, 3.63) is 46.7 Å². The summed E-state index contributed by atoms with van der Waals surface area (Å²) in [5.74, 6) is 1.77. The second kappa shape index (κ2) is 5.40. The van der Waals surface area contributed by atoms with Crippen LogP contribution in [0.25, 0.3) is 0 Å². The Balaban J connectivity index is 2.26. The maximum absolute atomic E-state index is 5.77.